The fourth-order valence-corrected chi connectivity index (χ4v) is 4.55. The Morgan fingerprint density at radius 2 is 1.93 bits per heavy atom. The summed E-state index contributed by atoms with van der Waals surface area (Å²) < 4.78 is 41.3. The Morgan fingerprint density at radius 3 is 2.60 bits per heavy atom. The van der Waals surface area contributed by atoms with Gasteiger partial charge in [0.05, 0.1) is 12.6 Å². The smallest absolute Gasteiger partial charge is 0.406 e. The third-order valence-electron chi connectivity index (χ3n) is 6.59. The van der Waals surface area contributed by atoms with Crippen molar-refractivity contribution >= 4 is 11.6 Å². The molecule has 1 saturated carbocycles. The minimum atomic E-state index is -4.74. The summed E-state index contributed by atoms with van der Waals surface area (Å²) in [6.07, 6.45) is -0.772. The molecule has 0 radical (unpaired) electrons. The Labute approximate surface area is 174 Å². The Bertz CT molecular complexity index is 769. The third-order valence-corrected chi connectivity index (χ3v) is 6.59. The first-order chi connectivity index (χ1) is 14.2. The van der Waals surface area contributed by atoms with Crippen molar-refractivity contribution in [2.24, 2.45) is 5.41 Å². The van der Waals surface area contributed by atoms with Crippen LogP contribution in [0.4, 0.5) is 18.9 Å². The largest absolute Gasteiger partial charge is 0.573 e. The molecule has 4 rings (SSSR count). The second-order valence-corrected chi connectivity index (χ2v) is 8.63. The summed E-state index contributed by atoms with van der Waals surface area (Å²) in [4.78, 5) is 18.4. The molecule has 1 N–H and O–H groups in total. The number of anilines is 1. The second-order valence-electron chi connectivity index (χ2n) is 8.63. The first kappa shape index (κ1) is 21.2. The van der Waals surface area contributed by atoms with Gasteiger partial charge in [0.25, 0.3) is 0 Å². The Balaban J connectivity index is 1.23. The summed E-state index contributed by atoms with van der Waals surface area (Å²) in [7, 11) is 0. The van der Waals surface area contributed by atoms with Gasteiger partial charge in [-0.2, -0.15) is 0 Å². The average molecular weight is 427 g/mol. The first-order valence-corrected chi connectivity index (χ1v) is 10.5. The number of hydrogen-bond acceptors (Lipinski definition) is 5. The van der Waals surface area contributed by atoms with Gasteiger partial charge in [0, 0.05) is 37.9 Å². The fraction of sp³-hybridized carbons (Fsp3) is 0.667. The van der Waals surface area contributed by atoms with Crippen molar-refractivity contribution in [3.8, 4) is 5.75 Å². The molecule has 0 bridgehead atoms. The lowest BCUT2D eigenvalue weighted by Crippen LogP contribution is -2.51. The number of carbonyl (C=O) groups is 1. The number of piperidine rings is 1. The SMILES string of the molecule is O=C1CN(c2cccc(OC(F)(F)F)c2)CCN1CCCN1CCC2(CC2)[C@H](O)C1. The molecule has 2 heterocycles. The molecule has 166 valence electrons. The molecule has 1 amide bonds. The number of carbonyl (C=O) groups excluding carboxylic acids is 1. The Morgan fingerprint density at radius 1 is 1.13 bits per heavy atom. The van der Waals surface area contributed by atoms with Crippen LogP contribution in [0.25, 0.3) is 0 Å². The highest BCUT2D eigenvalue weighted by Gasteiger charge is 2.51. The van der Waals surface area contributed by atoms with Crippen molar-refractivity contribution < 1.29 is 27.8 Å². The van der Waals surface area contributed by atoms with Crippen molar-refractivity contribution in [3.63, 3.8) is 0 Å². The monoisotopic (exact) mass is 427 g/mol. The number of amides is 1. The van der Waals surface area contributed by atoms with E-state index >= 15 is 0 Å². The molecule has 1 aliphatic carbocycles. The zero-order valence-electron chi connectivity index (χ0n) is 16.9. The summed E-state index contributed by atoms with van der Waals surface area (Å²) in [5.74, 6) is -0.314. The molecule has 0 aromatic heterocycles. The normalized spacial score (nSPS) is 24.4. The highest BCUT2D eigenvalue weighted by Crippen LogP contribution is 2.53. The number of aliphatic hydroxyl groups is 1. The number of benzene rings is 1. The number of β-amino-alcohol motifs (C(OH)–C–C–N with tert-alkyl or cyclic N) is 1. The lowest BCUT2D eigenvalue weighted by molar-refractivity contribution is -0.274. The number of hydrogen-bond donors (Lipinski definition) is 1. The van der Waals surface area contributed by atoms with E-state index in [1.165, 1.54) is 18.2 Å². The molecule has 1 spiro atoms. The second kappa shape index (κ2) is 8.26. The Hall–Kier alpha value is -2.00. The molecule has 9 heteroatoms. The minimum absolute atomic E-state index is 0.0287. The maximum absolute atomic E-state index is 12.5. The Kier molecular flexibility index (Phi) is 5.85. The number of aliphatic hydroxyl groups excluding tert-OH is 1. The van der Waals surface area contributed by atoms with Crippen LogP contribution in [-0.4, -0.2) is 79.1 Å². The fourth-order valence-electron chi connectivity index (χ4n) is 4.55. The van der Waals surface area contributed by atoms with Crippen molar-refractivity contribution in [1.29, 1.82) is 0 Å². The van der Waals surface area contributed by atoms with Crippen LogP contribution >= 0.6 is 0 Å². The van der Waals surface area contributed by atoms with E-state index in [4.69, 9.17) is 0 Å². The van der Waals surface area contributed by atoms with E-state index in [-0.39, 0.29) is 29.7 Å². The van der Waals surface area contributed by atoms with Crippen LogP contribution in [0, 0.1) is 5.41 Å². The van der Waals surface area contributed by atoms with Crippen molar-refractivity contribution in [1.82, 2.24) is 9.80 Å². The van der Waals surface area contributed by atoms with Crippen LogP contribution in [0.1, 0.15) is 25.7 Å². The first-order valence-electron chi connectivity index (χ1n) is 10.5. The zero-order chi connectivity index (χ0) is 21.4. The minimum Gasteiger partial charge on any atom is -0.406 e. The molecule has 0 unspecified atom stereocenters. The lowest BCUT2D eigenvalue weighted by atomic mass is 9.90. The third kappa shape index (κ3) is 5.00. The van der Waals surface area contributed by atoms with E-state index in [2.05, 4.69) is 9.64 Å². The summed E-state index contributed by atoms with van der Waals surface area (Å²) in [6.45, 7) is 4.48. The van der Waals surface area contributed by atoms with Crippen LogP contribution in [0.5, 0.6) is 5.75 Å². The summed E-state index contributed by atoms with van der Waals surface area (Å²) in [6, 6.07) is 5.73. The van der Waals surface area contributed by atoms with Gasteiger partial charge in [0.1, 0.15) is 5.75 Å². The maximum Gasteiger partial charge on any atom is 0.573 e. The topological polar surface area (TPSA) is 56.2 Å². The molecular weight excluding hydrogens is 399 g/mol. The molecule has 1 atom stereocenters. The molecule has 1 aromatic rings. The van der Waals surface area contributed by atoms with E-state index in [0.29, 0.717) is 25.3 Å². The molecule has 30 heavy (non-hydrogen) atoms. The predicted octanol–water partition coefficient (Wildman–Crippen LogP) is 2.47. The summed E-state index contributed by atoms with van der Waals surface area (Å²) in [5.41, 5.74) is 0.742. The van der Waals surface area contributed by atoms with E-state index in [0.717, 1.165) is 45.3 Å². The number of likely N-dealkylation sites (tertiary alicyclic amines) is 1. The molecule has 2 saturated heterocycles. The van der Waals surface area contributed by atoms with E-state index < -0.39 is 6.36 Å². The van der Waals surface area contributed by atoms with E-state index in [1.807, 2.05) is 4.90 Å². The summed E-state index contributed by atoms with van der Waals surface area (Å²) >= 11 is 0. The summed E-state index contributed by atoms with van der Waals surface area (Å²) in [5, 5.41) is 10.3. The van der Waals surface area contributed by atoms with E-state index in [1.54, 1.807) is 11.0 Å². The number of piperazine rings is 1. The van der Waals surface area contributed by atoms with Crippen molar-refractivity contribution in [3.05, 3.63) is 24.3 Å². The van der Waals surface area contributed by atoms with E-state index in [9.17, 15) is 23.1 Å². The van der Waals surface area contributed by atoms with Gasteiger partial charge in [-0.1, -0.05) is 6.07 Å². The number of nitrogens with zero attached hydrogens (tertiary/aromatic N) is 3. The predicted molar refractivity (Wildman–Crippen MR) is 105 cm³/mol. The highest BCUT2D eigenvalue weighted by atomic mass is 19.4. The van der Waals surface area contributed by atoms with Gasteiger partial charge in [-0.25, -0.2) is 0 Å². The van der Waals surface area contributed by atoms with Gasteiger partial charge in [-0.05, 0) is 56.3 Å². The molecule has 1 aromatic carbocycles. The van der Waals surface area contributed by atoms with Crippen LogP contribution < -0.4 is 9.64 Å². The highest BCUT2D eigenvalue weighted by molar-refractivity contribution is 5.83. The molecule has 6 nitrogen and oxygen atoms in total. The standard InChI is InChI=1S/C21H28F3N3O3/c22-21(23,24)30-17-4-1-3-16(13-17)27-12-11-26(19(29)15-27)9-2-8-25-10-7-20(5-6-20)18(28)14-25/h1,3-4,13,18,28H,2,5-12,14-15H2/t18-/m1/s1. The zero-order valence-corrected chi connectivity index (χ0v) is 16.9. The number of halogens is 3. The maximum atomic E-state index is 12.5. The molecule has 3 fully saturated rings. The number of ether oxygens (including phenoxy) is 1. The lowest BCUT2D eigenvalue weighted by Gasteiger charge is -2.38. The number of rotatable bonds is 6. The van der Waals surface area contributed by atoms with Crippen LogP contribution in [-0.2, 0) is 4.79 Å². The average Bonchev–Trinajstić information content (AvgIpc) is 3.46. The molecular formula is C21H28F3N3O3. The van der Waals surface area contributed by atoms with Gasteiger partial charge in [0.15, 0.2) is 0 Å². The van der Waals surface area contributed by atoms with Gasteiger partial charge in [-0.15, -0.1) is 13.2 Å². The van der Waals surface area contributed by atoms with Crippen molar-refractivity contribution in [2.45, 2.75) is 38.1 Å². The van der Waals surface area contributed by atoms with Gasteiger partial charge >= 0.3 is 6.36 Å². The van der Waals surface area contributed by atoms with Gasteiger partial charge in [-0.3, -0.25) is 4.79 Å². The molecule has 2 aliphatic heterocycles. The van der Waals surface area contributed by atoms with Gasteiger partial charge < -0.3 is 24.5 Å². The van der Waals surface area contributed by atoms with Crippen LogP contribution in [0.3, 0.4) is 0 Å². The molecule has 3 aliphatic rings. The van der Waals surface area contributed by atoms with Gasteiger partial charge in [0.2, 0.25) is 5.91 Å². The van der Waals surface area contributed by atoms with Crippen molar-refractivity contribution in [2.75, 3.05) is 50.7 Å². The number of alkyl halides is 3. The van der Waals surface area contributed by atoms with Crippen LogP contribution in [0.2, 0.25) is 0 Å². The quantitative estimate of drug-likeness (QED) is 0.756. The van der Waals surface area contributed by atoms with Crippen LogP contribution in [0.15, 0.2) is 24.3 Å².